The molecular weight excluding hydrogens is 1920 g/mol. The molecule has 1 saturated carbocycles. The summed E-state index contributed by atoms with van der Waals surface area (Å²) in [7, 11) is 1.70. The van der Waals surface area contributed by atoms with Crippen molar-refractivity contribution in [1.29, 1.82) is 0 Å². The molecule has 4 aromatic heterocycles. The molecule has 26 nitrogen and oxygen atoms in total. The van der Waals surface area contributed by atoms with Gasteiger partial charge in [0.05, 0.1) is 37.6 Å². The number of likely N-dealkylation sites (tertiary alicyclic amines) is 1. The van der Waals surface area contributed by atoms with Crippen LogP contribution < -0.4 is 30.2 Å². The van der Waals surface area contributed by atoms with Gasteiger partial charge in [0.25, 0.3) is 5.91 Å². The van der Waals surface area contributed by atoms with Crippen molar-refractivity contribution >= 4 is 192 Å². The zero-order valence-corrected chi connectivity index (χ0v) is 81.5. The normalized spacial score (nSPS) is 18.2. The molecule has 7 saturated heterocycles. The molecule has 15 aromatic rings. The summed E-state index contributed by atoms with van der Waals surface area (Å²) in [6.45, 7) is 11.9. The third-order valence-electron chi connectivity index (χ3n) is 28.3. The number of piperidine rings is 1. The van der Waals surface area contributed by atoms with Crippen LogP contribution in [0.1, 0.15) is 64.2 Å². The zero-order valence-electron chi connectivity index (χ0n) is 76.9. The monoisotopic (exact) mass is 2020 g/mol. The van der Waals surface area contributed by atoms with Crippen LogP contribution in [0.25, 0.3) is 120 Å². The number of carbonyl (C=O) groups is 4. The smallest absolute Gasteiger partial charge is 0.251 e. The minimum absolute atomic E-state index is 0.0260. The average Bonchev–Trinajstić information content (AvgIpc) is 0.839. The van der Waals surface area contributed by atoms with Gasteiger partial charge in [-0.2, -0.15) is 0 Å². The first-order chi connectivity index (χ1) is 68.5. The summed E-state index contributed by atoms with van der Waals surface area (Å²) >= 11 is 39.4. The van der Waals surface area contributed by atoms with Crippen molar-refractivity contribution in [3.63, 3.8) is 0 Å². The van der Waals surface area contributed by atoms with Crippen molar-refractivity contribution in [2.45, 2.75) is 82.4 Å². The number of aromatic nitrogens is 8. The summed E-state index contributed by atoms with van der Waals surface area (Å²) in [5.41, 5.74) is 4.97. The summed E-state index contributed by atoms with van der Waals surface area (Å²) in [6, 6.07) is 46.5. The molecule has 3 unspecified atom stereocenters. The van der Waals surface area contributed by atoms with E-state index in [0.29, 0.717) is 157 Å². The van der Waals surface area contributed by atoms with Crippen molar-refractivity contribution in [2.24, 2.45) is 11.8 Å². The number of phenolic OH excluding ortho intramolecular Hbond substituents is 3. The number of hydrogen-bond donors (Lipinski definition) is 5. The van der Waals surface area contributed by atoms with Crippen molar-refractivity contribution < 1.29 is 52.4 Å². The minimum atomic E-state index is -0.566. The van der Waals surface area contributed by atoms with Gasteiger partial charge < -0.3 is 65.0 Å². The number of amides is 4. The van der Waals surface area contributed by atoms with Gasteiger partial charge in [0.2, 0.25) is 17.7 Å². The number of nitrogens with zero attached hydrogens (tertiary/aromatic N) is 16. The molecule has 11 heterocycles. The molecular formula is C106H99Cl6F3N18O8. The van der Waals surface area contributed by atoms with Crippen LogP contribution in [0.3, 0.4) is 0 Å². The van der Waals surface area contributed by atoms with Crippen molar-refractivity contribution in [2.75, 3.05) is 145 Å². The Morgan fingerprint density at radius 1 is 0.383 bits per heavy atom. The highest BCUT2D eigenvalue weighted by Crippen LogP contribution is 2.48. The van der Waals surface area contributed by atoms with Gasteiger partial charge in [-0.25, -0.2) is 53.0 Å². The third-order valence-corrected chi connectivity index (χ3v) is 30.1. The number of halogens is 9. The second-order valence-corrected chi connectivity index (χ2v) is 39.3. The molecule has 3 atom stereocenters. The van der Waals surface area contributed by atoms with E-state index in [-0.39, 0.29) is 113 Å². The van der Waals surface area contributed by atoms with E-state index >= 15 is 13.2 Å². The van der Waals surface area contributed by atoms with Gasteiger partial charge >= 0.3 is 0 Å². The Balaban J connectivity index is 0.000000115. The molecule has 4 amide bonds. The topological polar surface area (TPSA) is 291 Å². The molecule has 7 aliphatic heterocycles. The van der Waals surface area contributed by atoms with Crippen LogP contribution in [0.5, 0.6) is 17.2 Å². The second kappa shape index (κ2) is 41.6. The maximum atomic E-state index is 16.0. The van der Waals surface area contributed by atoms with Crippen LogP contribution in [0.2, 0.25) is 30.1 Å². The molecule has 1 aliphatic carbocycles. The van der Waals surface area contributed by atoms with E-state index in [0.717, 1.165) is 157 Å². The number of carbonyl (C=O) groups excluding carboxylic acids is 4. The van der Waals surface area contributed by atoms with Gasteiger partial charge in [0.15, 0.2) is 17.5 Å². The molecule has 724 valence electrons. The van der Waals surface area contributed by atoms with Crippen LogP contribution >= 0.6 is 69.6 Å². The Kier molecular flexibility index (Phi) is 28.3. The highest BCUT2D eigenvalue weighted by molar-refractivity contribution is 6.39. The number of aromatic hydroxyl groups is 3. The quantitative estimate of drug-likeness (QED) is 0.0717. The standard InChI is InChI=1S/C28H26ClFN4O2.C27H25ClFN5O2.C27H24ClFN4O3.C24H24Cl3N5O/c29-23-15-22-26(25(30)24(23)21-14-19(35)13-18-7-3-4-8-20(18)21)31-16-32-27(22)33-9-11-34(12-10-33)28(36)17-5-1-2-6-17;28-21-14-20-25(24(29)23(21)19-13-17(35)12-16-4-1-2-5-18(16)19)31-15-32-26(20)33-8-10-34(11-9-33)27(36)22-6-3-7-30-22;28-21-14-20-25(24(29)23(21)19-13-17(34)12-16-4-1-2-5-18(16)19)30-15-31-26(20)32-7-9-33(10-8-32)27(35)22-6-3-11-36-22;1-28-24(33)14-10-32(11-14)16-3-2-6-31(12-16)23-19-8-18(17-7-15(25)4-5-20(17)26)21(27)9-22(19)29-13-30-23/h3-4,7-8,13-17,35H,1-2,5-6,9-12H2;1-2,4-5,12-15,22,30,35H,3,6-11H2;1-2,4-5,12-15,22,34H,3,6-11H2;4-5,7-9,13-14,16H,2-3,6,10-12H2,1H3,(H,28,33). The molecule has 8 aliphatic rings. The minimum Gasteiger partial charge on any atom is -0.508 e. The number of ether oxygens (including phenoxy) is 1. The first-order valence-electron chi connectivity index (χ1n) is 47.6. The van der Waals surface area contributed by atoms with Gasteiger partial charge in [0.1, 0.15) is 88.5 Å². The summed E-state index contributed by atoms with van der Waals surface area (Å²) < 4.78 is 53.6. The highest BCUT2D eigenvalue weighted by Gasteiger charge is 2.41. The Morgan fingerprint density at radius 2 is 0.823 bits per heavy atom. The van der Waals surface area contributed by atoms with E-state index in [9.17, 15) is 34.5 Å². The predicted octanol–water partition coefficient (Wildman–Crippen LogP) is 19.8. The summed E-state index contributed by atoms with van der Waals surface area (Å²) in [6.07, 6.45) is 15.4. The maximum absolute atomic E-state index is 16.0. The molecule has 0 radical (unpaired) electrons. The molecule has 11 aromatic carbocycles. The molecule has 23 rings (SSSR count). The Hall–Kier alpha value is -12.6. The van der Waals surface area contributed by atoms with E-state index in [1.165, 1.54) is 37.2 Å². The van der Waals surface area contributed by atoms with Gasteiger partial charge in [0, 0.05) is 190 Å². The first-order valence-corrected chi connectivity index (χ1v) is 49.9. The number of fused-ring (bicyclic) bond motifs is 7. The number of rotatable bonds is 13. The van der Waals surface area contributed by atoms with Crippen LogP contribution in [0, 0.1) is 29.3 Å². The number of anilines is 4. The highest BCUT2D eigenvalue weighted by atomic mass is 35.5. The number of piperazine rings is 3. The lowest BCUT2D eigenvalue weighted by molar-refractivity contribution is -0.141. The number of hydrogen-bond acceptors (Lipinski definition) is 22. The van der Waals surface area contributed by atoms with Crippen molar-refractivity contribution in [1.82, 2.24) is 70.1 Å². The lowest BCUT2D eigenvalue weighted by Crippen LogP contribution is -2.60. The number of nitrogens with one attached hydrogen (secondary N) is 2. The fourth-order valence-electron chi connectivity index (χ4n) is 21.1. The fourth-order valence-corrected chi connectivity index (χ4v) is 22.7. The predicted molar refractivity (Wildman–Crippen MR) is 550 cm³/mol. The van der Waals surface area contributed by atoms with Crippen LogP contribution in [-0.2, 0) is 23.9 Å². The van der Waals surface area contributed by atoms with E-state index in [2.05, 4.69) is 70.1 Å². The van der Waals surface area contributed by atoms with Gasteiger partial charge in [-0.1, -0.05) is 155 Å². The maximum Gasteiger partial charge on any atom is 0.251 e. The molecule has 5 N–H and O–H groups in total. The van der Waals surface area contributed by atoms with Crippen LogP contribution in [0.15, 0.2) is 183 Å². The Morgan fingerprint density at radius 3 is 1.27 bits per heavy atom. The Bertz CT molecular complexity index is 6850. The van der Waals surface area contributed by atoms with E-state index in [1.807, 2.05) is 111 Å². The van der Waals surface area contributed by atoms with Crippen molar-refractivity contribution in [3.8, 4) is 61.8 Å². The summed E-state index contributed by atoms with van der Waals surface area (Å²) in [5, 5.41) is 46.4. The average molecular weight is 2020 g/mol. The lowest BCUT2D eigenvalue weighted by atomic mass is 9.93. The van der Waals surface area contributed by atoms with Crippen molar-refractivity contribution in [3.05, 3.63) is 231 Å². The van der Waals surface area contributed by atoms with Crippen LogP contribution in [-0.4, -0.2) is 242 Å². The number of phenols is 3. The first kappa shape index (κ1) is 96.0. The van der Waals surface area contributed by atoms with E-state index in [1.54, 1.807) is 61.9 Å². The lowest BCUT2D eigenvalue weighted by Gasteiger charge is -2.47. The third kappa shape index (κ3) is 19.5. The Labute approximate surface area is 840 Å². The van der Waals surface area contributed by atoms with E-state index in [4.69, 9.17) is 74.3 Å². The molecule has 8 fully saturated rings. The SMILES string of the molecule is CNC(=O)C1CN(C2CCCN(c3ncnc4cc(Cl)c(-c5cc(Cl)ccc5Cl)cc34)C2)C1.O=C(C1CCCC1)N1CCN(c2ncnc3c(F)c(-c4cc(O)cc5ccccc45)c(Cl)cc23)CC1.O=C(C1CCCN1)N1CCN(c2ncnc3c(F)c(-c4cc(O)cc5ccccc45)c(Cl)cc23)CC1.O=C(C1CCCO1)N1CCN(c2ncnc3c(F)c(-c4cc(O)cc5ccccc45)c(Cl)cc23)CC1. The molecule has 0 bridgehead atoms. The van der Waals surface area contributed by atoms with Gasteiger partial charge in [-0.05, 0) is 192 Å². The van der Waals surface area contributed by atoms with Gasteiger partial charge in [-0.3, -0.25) is 24.1 Å². The zero-order chi connectivity index (χ0) is 97.5. The molecule has 141 heavy (non-hydrogen) atoms. The second-order valence-electron chi connectivity index (χ2n) is 36.8. The molecule has 35 heteroatoms. The molecule has 0 spiro atoms. The summed E-state index contributed by atoms with van der Waals surface area (Å²) in [4.78, 5) is 102. The van der Waals surface area contributed by atoms with E-state index < -0.39 is 17.5 Å². The van der Waals surface area contributed by atoms with Crippen LogP contribution in [0.4, 0.5) is 36.4 Å². The van der Waals surface area contributed by atoms with Gasteiger partial charge in [-0.15, -0.1) is 0 Å². The number of benzene rings is 11. The largest absolute Gasteiger partial charge is 0.508 e. The summed E-state index contributed by atoms with van der Waals surface area (Å²) in [5.74, 6) is 1.94. The fraction of sp³-hybridized carbons (Fsp3) is 0.321.